The molecule has 2 heteroatoms. The van der Waals surface area contributed by atoms with Gasteiger partial charge in [0.2, 0.25) is 0 Å². The van der Waals surface area contributed by atoms with Crippen molar-refractivity contribution in [1.29, 1.82) is 0 Å². The molecule has 1 aromatic carbocycles. The maximum absolute atomic E-state index is 12.0. The molecule has 1 heterocycles. The van der Waals surface area contributed by atoms with E-state index in [9.17, 15) is 4.79 Å². The van der Waals surface area contributed by atoms with Crippen molar-refractivity contribution in [1.82, 2.24) is 0 Å². The fourth-order valence-electron chi connectivity index (χ4n) is 1.93. The van der Waals surface area contributed by atoms with Crippen molar-refractivity contribution in [3.63, 3.8) is 0 Å². The van der Waals surface area contributed by atoms with E-state index in [4.69, 9.17) is 0 Å². The summed E-state index contributed by atoms with van der Waals surface area (Å²) in [6.07, 6.45) is 2.56. The van der Waals surface area contributed by atoms with Gasteiger partial charge >= 0.3 is 0 Å². The standard InChI is InChI=1S/C16H18OS/c1-12-11-16(18-13(12)2)15(17)10-6-9-14-7-4-3-5-8-14/h3-5,7-8,11H,6,9-10H2,1-2H3. The van der Waals surface area contributed by atoms with E-state index in [2.05, 4.69) is 26.0 Å². The molecule has 0 fully saturated rings. The number of ketones is 1. The molecule has 0 atom stereocenters. The van der Waals surface area contributed by atoms with Crippen molar-refractivity contribution in [2.75, 3.05) is 0 Å². The van der Waals surface area contributed by atoms with Crippen molar-refractivity contribution < 1.29 is 4.79 Å². The molecule has 0 saturated heterocycles. The first kappa shape index (κ1) is 13.0. The summed E-state index contributed by atoms with van der Waals surface area (Å²) in [6, 6.07) is 12.4. The number of thiophene rings is 1. The van der Waals surface area contributed by atoms with Crippen LogP contribution in [0.3, 0.4) is 0 Å². The lowest BCUT2D eigenvalue weighted by Gasteiger charge is -2.00. The van der Waals surface area contributed by atoms with Crippen molar-refractivity contribution in [3.8, 4) is 0 Å². The predicted molar refractivity (Wildman–Crippen MR) is 77.5 cm³/mol. The number of aryl methyl sites for hydroxylation is 3. The first-order valence-electron chi connectivity index (χ1n) is 6.31. The van der Waals surface area contributed by atoms with E-state index >= 15 is 0 Å². The number of hydrogen-bond donors (Lipinski definition) is 0. The number of Topliss-reactive ketones (excluding diaryl/α,β-unsaturated/α-hetero) is 1. The van der Waals surface area contributed by atoms with E-state index in [-0.39, 0.29) is 5.78 Å². The molecule has 1 nitrogen and oxygen atoms in total. The highest BCUT2D eigenvalue weighted by Crippen LogP contribution is 2.22. The van der Waals surface area contributed by atoms with Gasteiger partial charge in [-0.15, -0.1) is 11.3 Å². The van der Waals surface area contributed by atoms with Crippen molar-refractivity contribution in [2.45, 2.75) is 33.1 Å². The molecule has 0 saturated carbocycles. The average Bonchev–Trinajstić information content (AvgIpc) is 2.71. The zero-order valence-electron chi connectivity index (χ0n) is 10.9. The van der Waals surface area contributed by atoms with Crippen LogP contribution < -0.4 is 0 Å². The van der Waals surface area contributed by atoms with E-state index in [1.165, 1.54) is 16.0 Å². The summed E-state index contributed by atoms with van der Waals surface area (Å²) in [5.41, 5.74) is 2.54. The van der Waals surface area contributed by atoms with Gasteiger partial charge in [-0.2, -0.15) is 0 Å². The van der Waals surface area contributed by atoms with Gasteiger partial charge in [0.05, 0.1) is 4.88 Å². The van der Waals surface area contributed by atoms with Crippen LogP contribution in [0.1, 0.15) is 38.5 Å². The van der Waals surface area contributed by atoms with E-state index in [1.54, 1.807) is 11.3 Å². The molecule has 94 valence electrons. The molecule has 0 N–H and O–H groups in total. The van der Waals surface area contributed by atoms with Crippen molar-refractivity contribution >= 4 is 17.1 Å². The zero-order chi connectivity index (χ0) is 13.0. The smallest absolute Gasteiger partial charge is 0.172 e. The molecule has 0 unspecified atom stereocenters. The fourth-order valence-corrected chi connectivity index (χ4v) is 2.93. The van der Waals surface area contributed by atoms with Crippen LogP contribution in [-0.2, 0) is 6.42 Å². The van der Waals surface area contributed by atoms with Gasteiger partial charge in [0.25, 0.3) is 0 Å². The maximum Gasteiger partial charge on any atom is 0.172 e. The van der Waals surface area contributed by atoms with Gasteiger partial charge in [-0.25, -0.2) is 0 Å². The topological polar surface area (TPSA) is 17.1 Å². The number of carbonyl (C=O) groups is 1. The van der Waals surface area contributed by atoms with Crippen LogP contribution in [0.4, 0.5) is 0 Å². The van der Waals surface area contributed by atoms with Gasteiger partial charge in [-0.3, -0.25) is 4.79 Å². The number of hydrogen-bond acceptors (Lipinski definition) is 2. The average molecular weight is 258 g/mol. The summed E-state index contributed by atoms with van der Waals surface area (Å²) >= 11 is 1.62. The Bertz CT molecular complexity index is 506. The summed E-state index contributed by atoms with van der Waals surface area (Å²) < 4.78 is 0. The Kier molecular flexibility index (Phi) is 4.32. The summed E-state index contributed by atoms with van der Waals surface area (Å²) in [6.45, 7) is 4.13. The van der Waals surface area contributed by atoms with E-state index in [0.29, 0.717) is 6.42 Å². The molecule has 2 rings (SSSR count). The van der Waals surface area contributed by atoms with Crippen LogP contribution >= 0.6 is 11.3 Å². The van der Waals surface area contributed by atoms with Gasteiger partial charge in [-0.1, -0.05) is 30.3 Å². The molecule has 0 radical (unpaired) electrons. The summed E-state index contributed by atoms with van der Waals surface area (Å²) in [5, 5.41) is 0. The van der Waals surface area contributed by atoms with Gasteiger partial charge in [0.15, 0.2) is 5.78 Å². The highest BCUT2D eigenvalue weighted by Gasteiger charge is 2.10. The van der Waals surface area contributed by atoms with Crippen molar-refractivity contribution in [3.05, 3.63) is 57.3 Å². The van der Waals surface area contributed by atoms with Crippen LogP contribution in [0.5, 0.6) is 0 Å². The normalized spacial score (nSPS) is 10.6. The summed E-state index contributed by atoms with van der Waals surface area (Å²) in [4.78, 5) is 14.2. The largest absolute Gasteiger partial charge is 0.293 e. The second kappa shape index (κ2) is 5.96. The first-order valence-corrected chi connectivity index (χ1v) is 7.12. The highest BCUT2D eigenvalue weighted by molar-refractivity contribution is 7.14. The van der Waals surface area contributed by atoms with Gasteiger partial charge in [-0.05, 0) is 43.9 Å². The Morgan fingerprint density at radius 2 is 1.89 bits per heavy atom. The lowest BCUT2D eigenvalue weighted by atomic mass is 10.1. The Balaban J connectivity index is 1.85. The van der Waals surface area contributed by atoms with Crippen LogP contribution in [0, 0.1) is 13.8 Å². The van der Waals surface area contributed by atoms with Crippen LogP contribution in [0.15, 0.2) is 36.4 Å². The summed E-state index contributed by atoms with van der Waals surface area (Å²) in [7, 11) is 0. The second-order valence-electron chi connectivity index (χ2n) is 4.61. The first-order chi connectivity index (χ1) is 8.66. The molecule has 0 spiro atoms. The van der Waals surface area contributed by atoms with Gasteiger partial charge in [0, 0.05) is 11.3 Å². The third kappa shape index (κ3) is 3.30. The lowest BCUT2D eigenvalue weighted by Crippen LogP contribution is -1.97. The minimum absolute atomic E-state index is 0.284. The minimum Gasteiger partial charge on any atom is -0.293 e. The minimum atomic E-state index is 0.284. The van der Waals surface area contributed by atoms with Crippen LogP contribution in [0.25, 0.3) is 0 Å². The number of rotatable bonds is 5. The van der Waals surface area contributed by atoms with Gasteiger partial charge in [0.1, 0.15) is 0 Å². The van der Waals surface area contributed by atoms with Crippen molar-refractivity contribution in [2.24, 2.45) is 0 Å². The number of carbonyl (C=O) groups excluding carboxylic acids is 1. The summed E-state index contributed by atoms with van der Waals surface area (Å²) in [5.74, 6) is 0.284. The third-order valence-corrected chi connectivity index (χ3v) is 4.35. The Labute approximate surface area is 112 Å². The lowest BCUT2D eigenvalue weighted by molar-refractivity contribution is 0.0984. The van der Waals surface area contributed by atoms with Crippen LogP contribution in [-0.4, -0.2) is 5.78 Å². The fraction of sp³-hybridized carbons (Fsp3) is 0.312. The molecule has 0 amide bonds. The maximum atomic E-state index is 12.0. The molecule has 0 bridgehead atoms. The predicted octanol–water partition coefficient (Wildman–Crippen LogP) is 4.57. The van der Waals surface area contributed by atoms with E-state index < -0.39 is 0 Å². The molecule has 0 aliphatic carbocycles. The molecular formula is C16H18OS. The van der Waals surface area contributed by atoms with E-state index in [1.807, 2.05) is 24.3 Å². The monoisotopic (exact) mass is 258 g/mol. The Hall–Kier alpha value is -1.41. The molecule has 18 heavy (non-hydrogen) atoms. The third-order valence-electron chi connectivity index (χ3n) is 3.15. The van der Waals surface area contributed by atoms with Gasteiger partial charge < -0.3 is 0 Å². The second-order valence-corrected chi connectivity index (χ2v) is 5.87. The molecule has 0 aliphatic heterocycles. The Morgan fingerprint density at radius 3 is 2.50 bits per heavy atom. The Morgan fingerprint density at radius 1 is 1.17 bits per heavy atom. The highest BCUT2D eigenvalue weighted by atomic mass is 32.1. The molecule has 2 aromatic rings. The SMILES string of the molecule is Cc1cc(C(=O)CCCc2ccccc2)sc1C. The van der Waals surface area contributed by atoms with E-state index in [0.717, 1.165) is 17.7 Å². The molecular weight excluding hydrogens is 240 g/mol. The molecule has 1 aromatic heterocycles. The zero-order valence-corrected chi connectivity index (χ0v) is 11.7. The molecule has 0 aliphatic rings. The number of benzene rings is 1. The quantitative estimate of drug-likeness (QED) is 0.718. The van der Waals surface area contributed by atoms with Crippen LogP contribution in [0.2, 0.25) is 0 Å².